The summed E-state index contributed by atoms with van der Waals surface area (Å²) in [6.45, 7) is 6.54. The van der Waals surface area contributed by atoms with E-state index < -0.39 is 10.0 Å². The number of sulfonamides is 1. The summed E-state index contributed by atoms with van der Waals surface area (Å²) in [6.07, 6.45) is 0. The molecule has 0 spiro atoms. The molecule has 0 saturated carbocycles. The van der Waals surface area contributed by atoms with Crippen LogP contribution in [0, 0.1) is 6.92 Å². The number of hydrogen-bond acceptors (Lipinski definition) is 7. The van der Waals surface area contributed by atoms with Crippen LogP contribution in [-0.4, -0.2) is 62.8 Å². The Bertz CT molecular complexity index is 878. The monoisotopic (exact) mass is 391 g/mol. The highest BCUT2D eigenvalue weighted by Gasteiger charge is 2.31. The van der Waals surface area contributed by atoms with E-state index in [0.717, 1.165) is 23.7 Å². The minimum atomic E-state index is -3.61. The van der Waals surface area contributed by atoms with Gasteiger partial charge in [0.1, 0.15) is 16.5 Å². The van der Waals surface area contributed by atoms with E-state index in [1.54, 1.807) is 12.1 Å². The molecule has 27 heavy (non-hydrogen) atoms. The Morgan fingerprint density at radius 3 is 2.44 bits per heavy atom. The molecule has 2 aromatic rings. The van der Waals surface area contributed by atoms with E-state index >= 15 is 0 Å². The fourth-order valence-electron chi connectivity index (χ4n) is 3.05. The van der Waals surface area contributed by atoms with Gasteiger partial charge in [-0.1, -0.05) is 6.07 Å². The third-order valence-electron chi connectivity index (χ3n) is 4.51. The molecular formula is C18H25N5O3S. The van der Waals surface area contributed by atoms with E-state index in [-0.39, 0.29) is 4.90 Å². The number of nitrogens with zero attached hydrogens (tertiary/aromatic N) is 4. The maximum absolute atomic E-state index is 13.1. The van der Waals surface area contributed by atoms with Gasteiger partial charge < -0.3 is 15.0 Å². The zero-order valence-corrected chi connectivity index (χ0v) is 16.7. The molecule has 0 atom stereocenters. The number of methoxy groups -OCH3 is 1. The predicted molar refractivity (Wildman–Crippen MR) is 105 cm³/mol. The number of benzene rings is 1. The summed E-state index contributed by atoms with van der Waals surface area (Å²) < 4.78 is 32.9. The molecule has 1 aliphatic rings. The number of ether oxygens (including phenoxy) is 1. The van der Waals surface area contributed by atoms with Gasteiger partial charge in [-0.3, -0.25) is 0 Å². The topological polar surface area (TPSA) is 87.7 Å². The average Bonchev–Trinajstić information content (AvgIpc) is 2.69. The highest BCUT2D eigenvalue weighted by Crippen LogP contribution is 2.28. The third-order valence-corrected chi connectivity index (χ3v) is 6.43. The largest absolute Gasteiger partial charge is 0.495 e. The Morgan fingerprint density at radius 2 is 1.85 bits per heavy atom. The van der Waals surface area contributed by atoms with Crippen LogP contribution >= 0.6 is 0 Å². The minimum absolute atomic E-state index is 0.216. The van der Waals surface area contributed by atoms with Crippen LogP contribution in [-0.2, 0) is 10.0 Å². The van der Waals surface area contributed by atoms with Crippen molar-refractivity contribution in [2.75, 3.05) is 50.1 Å². The zero-order chi connectivity index (χ0) is 19.4. The highest BCUT2D eigenvalue weighted by molar-refractivity contribution is 7.89. The molecule has 1 saturated heterocycles. The van der Waals surface area contributed by atoms with Crippen LogP contribution in [0.25, 0.3) is 0 Å². The van der Waals surface area contributed by atoms with Gasteiger partial charge in [0.2, 0.25) is 10.0 Å². The SMILES string of the molecule is CCNc1ccc(N2CCN(S(=O)(=O)c3cc(C)ccc3OC)CC2)nn1. The maximum atomic E-state index is 13.1. The van der Waals surface area contributed by atoms with E-state index in [9.17, 15) is 8.42 Å². The van der Waals surface area contributed by atoms with Gasteiger partial charge in [0.05, 0.1) is 7.11 Å². The molecule has 3 rings (SSSR count). The van der Waals surface area contributed by atoms with E-state index in [2.05, 4.69) is 15.5 Å². The van der Waals surface area contributed by atoms with Crippen LogP contribution in [0.2, 0.25) is 0 Å². The normalized spacial score (nSPS) is 15.6. The Hall–Kier alpha value is -2.39. The lowest BCUT2D eigenvalue weighted by Gasteiger charge is -2.34. The Labute approximate surface area is 160 Å². The molecule has 1 aromatic carbocycles. The van der Waals surface area contributed by atoms with Gasteiger partial charge in [0, 0.05) is 32.7 Å². The first-order valence-electron chi connectivity index (χ1n) is 8.93. The zero-order valence-electron chi connectivity index (χ0n) is 15.8. The number of aryl methyl sites for hydroxylation is 1. The van der Waals surface area contributed by atoms with Crippen molar-refractivity contribution in [2.45, 2.75) is 18.7 Å². The van der Waals surface area contributed by atoms with Crippen molar-refractivity contribution in [3.63, 3.8) is 0 Å². The van der Waals surface area contributed by atoms with Crippen LogP contribution < -0.4 is 15.0 Å². The molecule has 0 aliphatic carbocycles. The number of anilines is 2. The fraction of sp³-hybridized carbons (Fsp3) is 0.444. The van der Waals surface area contributed by atoms with Crippen LogP contribution in [0.5, 0.6) is 5.75 Å². The number of hydrogen-bond donors (Lipinski definition) is 1. The molecule has 1 aliphatic heterocycles. The second-order valence-electron chi connectivity index (χ2n) is 6.35. The molecule has 146 valence electrons. The van der Waals surface area contributed by atoms with E-state index in [1.807, 2.05) is 36.9 Å². The quantitative estimate of drug-likeness (QED) is 0.802. The second kappa shape index (κ2) is 8.10. The standard InChI is InChI=1S/C18H25N5O3S/c1-4-19-17-7-8-18(21-20-17)22-9-11-23(12-10-22)27(24,25)16-13-14(2)5-6-15(16)26-3/h5-8,13H,4,9-12H2,1-3H3,(H,19,20). The number of nitrogens with one attached hydrogen (secondary N) is 1. The summed E-state index contributed by atoms with van der Waals surface area (Å²) >= 11 is 0. The number of aromatic nitrogens is 2. The van der Waals surface area contributed by atoms with Crippen LogP contribution in [0.1, 0.15) is 12.5 Å². The van der Waals surface area contributed by atoms with Crippen molar-refractivity contribution < 1.29 is 13.2 Å². The van der Waals surface area contributed by atoms with E-state index in [4.69, 9.17) is 4.74 Å². The van der Waals surface area contributed by atoms with Crippen LogP contribution in [0.3, 0.4) is 0 Å². The Morgan fingerprint density at radius 1 is 1.11 bits per heavy atom. The van der Waals surface area contributed by atoms with Crippen molar-refractivity contribution >= 4 is 21.7 Å². The van der Waals surface area contributed by atoms with Crippen LogP contribution in [0.15, 0.2) is 35.2 Å². The van der Waals surface area contributed by atoms with Gasteiger partial charge >= 0.3 is 0 Å². The third kappa shape index (κ3) is 4.14. The first-order chi connectivity index (χ1) is 13.0. The number of rotatable bonds is 6. The predicted octanol–water partition coefficient (Wildman–Crippen LogP) is 1.74. The van der Waals surface area contributed by atoms with Gasteiger partial charge in [-0.15, -0.1) is 10.2 Å². The van der Waals surface area contributed by atoms with Crippen molar-refractivity contribution in [3.8, 4) is 5.75 Å². The van der Waals surface area contributed by atoms with Gasteiger partial charge in [0.25, 0.3) is 0 Å². The molecular weight excluding hydrogens is 366 g/mol. The molecule has 8 nitrogen and oxygen atoms in total. The minimum Gasteiger partial charge on any atom is -0.495 e. The van der Waals surface area contributed by atoms with Crippen molar-refractivity contribution in [1.82, 2.24) is 14.5 Å². The van der Waals surface area contributed by atoms with E-state index in [0.29, 0.717) is 31.9 Å². The molecule has 0 radical (unpaired) electrons. The van der Waals surface area contributed by atoms with Crippen molar-refractivity contribution in [3.05, 3.63) is 35.9 Å². The highest BCUT2D eigenvalue weighted by atomic mass is 32.2. The lowest BCUT2D eigenvalue weighted by Crippen LogP contribution is -2.49. The Kier molecular flexibility index (Phi) is 5.81. The maximum Gasteiger partial charge on any atom is 0.246 e. The molecule has 0 unspecified atom stereocenters. The molecule has 0 bridgehead atoms. The summed E-state index contributed by atoms with van der Waals surface area (Å²) in [4.78, 5) is 2.26. The molecule has 0 amide bonds. The summed E-state index contributed by atoms with van der Waals surface area (Å²) in [7, 11) is -2.13. The van der Waals surface area contributed by atoms with Gasteiger partial charge in [-0.25, -0.2) is 8.42 Å². The molecule has 2 heterocycles. The average molecular weight is 391 g/mol. The summed E-state index contributed by atoms with van der Waals surface area (Å²) in [5, 5.41) is 11.5. The van der Waals surface area contributed by atoms with Crippen LogP contribution in [0.4, 0.5) is 11.6 Å². The molecule has 9 heteroatoms. The smallest absolute Gasteiger partial charge is 0.246 e. The van der Waals surface area contributed by atoms with Gasteiger partial charge in [-0.05, 0) is 43.7 Å². The summed E-state index contributed by atoms with van der Waals surface area (Å²) in [5.41, 5.74) is 0.879. The number of piperazine rings is 1. The summed E-state index contributed by atoms with van der Waals surface area (Å²) in [5.74, 6) is 1.85. The lowest BCUT2D eigenvalue weighted by atomic mass is 10.2. The van der Waals surface area contributed by atoms with Gasteiger partial charge in [-0.2, -0.15) is 4.31 Å². The molecule has 1 aromatic heterocycles. The molecule has 1 fully saturated rings. The molecule has 1 N–H and O–H groups in total. The van der Waals surface area contributed by atoms with Crippen molar-refractivity contribution in [2.24, 2.45) is 0 Å². The first-order valence-corrected chi connectivity index (χ1v) is 10.4. The van der Waals surface area contributed by atoms with Gasteiger partial charge in [0.15, 0.2) is 5.82 Å². The first kappa shape index (κ1) is 19.4. The van der Waals surface area contributed by atoms with Crippen molar-refractivity contribution in [1.29, 1.82) is 0 Å². The Balaban J connectivity index is 1.72. The fourth-order valence-corrected chi connectivity index (χ4v) is 4.71. The summed E-state index contributed by atoms with van der Waals surface area (Å²) in [6, 6.07) is 8.97. The van der Waals surface area contributed by atoms with E-state index in [1.165, 1.54) is 11.4 Å². The second-order valence-corrected chi connectivity index (χ2v) is 8.26. The lowest BCUT2D eigenvalue weighted by molar-refractivity contribution is 0.373.